The Morgan fingerprint density at radius 3 is 0.745 bits per heavy atom. The number of carbonyl (C=O) groups is 4. The maximum Gasteiger partial charge on any atom is 0.472 e. The summed E-state index contributed by atoms with van der Waals surface area (Å²) in [6, 6.07) is 0. The molecule has 0 bridgehead atoms. The van der Waals surface area contributed by atoms with Crippen molar-refractivity contribution in [3.05, 3.63) is 24.3 Å². The normalized spacial score (nSPS) is 14.1. The van der Waals surface area contributed by atoms with Gasteiger partial charge in [-0.05, 0) is 77.0 Å². The van der Waals surface area contributed by atoms with E-state index in [1.54, 1.807) is 0 Å². The number of aliphatic hydroxyl groups excluding tert-OH is 1. The molecule has 0 aromatic rings. The monoisotopic (exact) mass is 1380 g/mol. The molecule has 0 amide bonds. The van der Waals surface area contributed by atoms with Gasteiger partial charge in [0.05, 0.1) is 26.4 Å². The van der Waals surface area contributed by atoms with Gasteiger partial charge < -0.3 is 33.8 Å². The van der Waals surface area contributed by atoms with Gasteiger partial charge in [0, 0.05) is 25.7 Å². The number of unbranched alkanes of at least 4 members (excludes halogenated alkanes) is 44. The highest BCUT2D eigenvalue weighted by atomic mass is 31.2. The molecule has 17 nitrogen and oxygen atoms in total. The summed E-state index contributed by atoms with van der Waals surface area (Å²) in [4.78, 5) is 72.8. The van der Waals surface area contributed by atoms with Crippen molar-refractivity contribution in [2.45, 2.75) is 393 Å². The van der Waals surface area contributed by atoms with E-state index in [0.717, 1.165) is 122 Å². The fourth-order valence-electron chi connectivity index (χ4n) is 11.0. The van der Waals surface area contributed by atoms with Gasteiger partial charge in [-0.1, -0.05) is 296 Å². The molecule has 2 unspecified atom stereocenters. The lowest BCUT2D eigenvalue weighted by molar-refractivity contribution is -0.161. The Labute approximate surface area is 573 Å². The van der Waals surface area contributed by atoms with Gasteiger partial charge in [0.25, 0.3) is 0 Å². The van der Waals surface area contributed by atoms with Crippen LogP contribution >= 0.6 is 15.6 Å². The van der Waals surface area contributed by atoms with E-state index < -0.39 is 97.5 Å². The quantitative estimate of drug-likeness (QED) is 0.0169. The molecule has 0 spiro atoms. The van der Waals surface area contributed by atoms with E-state index in [9.17, 15) is 43.2 Å². The predicted octanol–water partition coefficient (Wildman–Crippen LogP) is 21.8. The number of ether oxygens (including phenoxy) is 4. The number of rotatable bonds is 74. The highest BCUT2D eigenvalue weighted by molar-refractivity contribution is 7.47. The fourth-order valence-corrected chi connectivity index (χ4v) is 12.6. The van der Waals surface area contributed by atoms with Crippen molar-refractivity contribution >= 4 is 39.5 Å². The van der Waals surface area contributed by atoms with Crippen LogP contribution in [0.3, 0.4) is 0 Å². The molecule has 0 aliphatic carbocycles. The van der Waals surface area contributed by atoms with E-state index in [1.807, 2.05) is 0 Å². The molecule has 0 saturated carbocycles. The summed E-state index contributed by atoms with van der Waals surface area (Å²) < 4.78 is 68.5. The average molecular weight is 1380 g/mol. The largest absolute Gasteiger partial charge is 0.472 e. The fraction of sp³-hybridized carbons (Fsp3) is 0.893. The number of allylic oxidation sites excluding steroid dienone is 4. The summed E-state index contributed by atoms with van der Waals surface area (Å²) in [6.45, 7) is 4.92. The zero-order chi connectivity index (χ0) is 69.0. The van der Waals surface area contributed by atoms with Crippen molar-refractivity contribution in [2.24, 2.45) is 0 Å². The Kier molecular flexibility index (Phi) is 67.2. The zero-order valence-electron chi connectivity index (χ0n) is 60.4. The summed E-state index contributed by atoms with van der Waals surface area (Å²) in [6.07, 6.45) is 61.6. The van der Waals surface area contributed by atoms with Crippen LogP contribution in [0.2, 0.25) is 0 Å². The van der Waals surface area contributed by atoms with Crippen LogP contribution in [0.5, 0.6) is 0 Å². The number of phosphoric ester groups is 2. The van der Waals surface area contributed by atoms with Gasteiger partial charge in [-0.3, -0.25) is 37.3 Å². The number of hydrogen-bond donors (Lipinski definition) is 3. The summed E-state index contributed by atoms with van der Waals surface area (Å²) in [5.74, 6) is -2.15. The molecule has 19 heteroatoms. The maximum absolute atomic E-state index is 13.1. The third-order valence-electron chi connectivity index (χ3n) is 16.9. The van der Waals surface area contributed by atoms with Crippen LogP contribution in [-0.2, 0) is 65.4 Å². The predicted molar refractivity (Wildman–Crippen MR) is 381 cm³/mol. The van der Waals surface area contributed by atoms with Crippen LogP contribution in [0.25, 0.3) is 0 Å². The molecule has 0 aliphatic rings. The van der Waals surface area contributed by atoms with Crippen molar-refractivity contribution in [1.29, 1.82) is 0 Å². The number of aliphatic hydroxyl groups is 1. The molecular weight excluding hydrogens is 1230 g/mol. The zero-order valence-corrected chi connectivity index (χ0v) is 62.2. The van der Waals surface area contributed by atoms with E-state index in [1.165, 1.54) is 173 Å². The van der Waals surface area contributed by atoms with Crippen molar-refractivity contribution in [3.8, 4) is 0 Å². The van der Waals surface area contributed by atoms with Crippen LogP contribution in [0.1, 0.15) is 374 Å². The minimum Gasteiger partial charge on any atom is -0.462 e. The van der Waals surface area contributed by atoms with Gasteiger partial charge in [-0.2, -0.15) is 0 Å². The van der Waals surface area contributed by atoms with Crippen LogP contribution in [-0.4, -0.2) is 96.7 Å². The SMILES string of the molecule is CCCCCC/C=C\CCCCCCCC(=O)O[C@H](COC(=O)CCCCCCC/C=C\CCCCCCCC)COP(=O)(O)OC[C@H](O)COP(=O)(O)OC[C@@H](COC(=O)CCCCCCCCCCCCCCC)OC(=O)CCCCCCCCCCCCCCC. The Bertz CT molecular complexity index is 1880. The van der Waals surface area contributed by atoms with Gasteiger partial charge in [0.2, 0.25) is 0 Å². The third kappa shape index (κ3) is 68.1. The molecule has 5 atom stereocenters. The molecule has 0 heterocycles. The second-order valence-corrected chi connectivity index (χ2v) is 29.2. The molecule has 0 aliphatic heterocycles. The van der Waals surface area contributed by atoms with Gasteiger partial charge in [0.1, 0.15) is 19.3 Å². The highest BCUT2D eigenvalue weighted by Crippen LogP contribution is 2.45. The molecule has 0 rings (SSSR count). The third-order valence-corrected chi connectivity index (χ3v) is 18.8. The van der Waals surface area contributed by atoms with Gasteiger partial charge in [-0.15, -0.1) is 0 Å². The Morgan fingerprint density at radius 1 is 0.287 bits per heavy atom. The minimum atomic E-state index is -4.96. The smallest absolute Gasteiger partial charge is 0.462 e. The summed E-state index contributed by atoms with van der Waals surface area (Å²) >= 11 is 0. The molecule has 0 radical (unpaired) electrons. The average Bonchev–Trinajstić information content (AvgIpc) is 1.63. The number of hydrogen-bond acceptors (Lipinski definition) is 15. The van der Waals surface area contributed by atoms with Crippen LogP contribution < -0.4 is 0 Å². The molecular formula is C75H142O17P2. The Morgan fingerprint density at radius 2 is 0.489 bits per heavy atom. The summed E-state index contributed by atoms with van der Waals surface area (Å²) in [7, 11) is -9.92. The minimum absolute atomic E-state index is 0.0906. The van der Waals surface area contributed by atoms with E-state index in [-0.39, 0.29) is 25.7 Å². The van der Waals surface area contributed by atoms with Gasteiger partial charge in [0.15, 0.2) is 12.2 Å². The van der Waals surface area contributed by atoms with Crippen molar-refractivity contribution in [3.63, 3.8) is 0 Å². The lowest BCUT2D eigenvalue weighted by Gasteiger charge is -2.21. The number of esters is 4. The lowest BCUT2D eigenvalue weighted by atomic mass is 10.0. The topological polar surface area (TPSA) is 237 Å². The lowest BCUT2D eigenvalue weighted by Crippen LogP contribution is -2.30. The summed E-state index contributed by atoms with van der Waals surface area (Å²) in [5.41, 5.74) is 0. The molecule has 0 fully saturated rings. The van der Waals surface area contributed by atoms with Gasteiger partial charge >= 0.3 is 39.5 Å². The van der Waals surface area contributed by atoms with Crippen molar-refractivity contribution in [2.75, 3.05) is 39.6 Å². The first kappa shape index (κ1) is 91.5. The van der Waals surface area contributed by atoms with Crippen LogP contribution in [0, 0.1) is 0 Å². The first-order chi connectivity index (χ1) is 45.7. The van der Waals surface area contributed by atoms with Crippen LogP contribution in [0.15, 0.2) is 24.3 Å². The molecule has 0 aromatic heterocycles. The first-order valence-corrected chi connectivity index (χ1v) is 41.6. The molecule has 554 valence electrons. The molecule has 94 heavy (non-hydrogen) atoms. The standard InChI is InChI=1S/C75H142O17P2/c1-5-9-13-17-21-25-29-33-34-38-40-44-48-52-56-60-73(78)86-66-71(92-75(80)62-58-54-50-46-42-37-32-28-24-20-16-12-8-4)68-90-94(83,84)88-64-69(76)63-87-93(81,82)89-67-70(91-74(79)61-57-53-49-45-41-36-31-27-23-19-15-11-7-3)65-85-72(77)59-55-51-47-43-39-35-30-26-22-18-14-10-6-2/h28,32-34,69-71,76H,5-27,29-31,35-68H2,1-4H3,(H,81,82)(H,83,84)/b32-28-,34-33-/t69-,70-,71-/m1/s1. The highest BCUT2D eigenvalue weighted by Gasteiger charge is 2.30. The number of carbonyl (C=O) groups excluding carboxylic acids is 4. The second kappa shape index (κ2) is 69.0. The van der Waals surface area contributed by atoms with E-state index >= 15 is 0 Å². The molecule has 0 saturated heterocycles. The van der Waals surface area contributed by atoms with Crippen molar-refractivity contribution in [1.82, 2.24) is 0 Å². The second-order valence-electron chi connectivity index (χ2n) is 26.3. The summed E-state index contributed by atoms with van der Waals surface area (Å²) in [5, 5.41) is 10.6. The maximum atomic E-state index is 13.1. The van der Waals surface area contributed by atoms with E-state index in [4.69, 9.17) is 37.0 Å². The first-order valence-electron chi connectivity index (χ1n) is 38.6. The van der Waals surface area contributed by atoms with E-state index in [0.29, 0.717) is 25.7 Å². The van der Waals surface area contributed by atoms with Gasteiger partial charge in [-0.25, -0.2) is 9.13 Å². The Balaban J connectivity index is 5.29. The number of phosphoric acid groups is 2. The molecule has 3 N–H and O–H groups in total. The Hall–Kier alpha value is -2.46. The van der Waals surface area contributed by atoms with Crippen molar-refractivity contribution < 1.29 is 80.2 Å². The molecule has 0 aromatic carbocycles. The van der Waals surface area contributed by atoms with E-state index in [2.05, 4.69) is 52.0 Å². The van der Waals surface area contributed by atoms with Crippen LogP contribution in [0.4, 0.5) is 0 Å².